The molecule has 1 aliphatic carbocycles. The van der Waals surface area contributed by atoms with Gasteiger partial charge < -0.3 is 14.8 Å². The largest absolute Gasteiger partial charge is 0.454 e. The molecule has 3 N–H and O–H groups in total. The van der Waals surface area contributed by atoms with Crippen molar-refractivity contribution < 1.29 is 19.1 Å². The van der Waals surface area contributed by atoms with E-state index < -0.39 is 0 Å². The number of benzene rings is 1. The highest BCUT2D eigenvalue weighted by molar-refractivity contribution is 5.91. The quantitative estimate of drug-likeness (QED) is 0.782. The van der Waals surface area contributed by atoms with Gasteiger partial charge in [0.25, 0.3) is 0 Å². The van der Waals surface area contributed by atoms with Crippen molar-refractivity contribution in [2.75, 3.05) is 12.1 Å². The van der Waals surface area contributed by atoms with E-state index in [2.05, 4.69) is 16.2 Å². The van der Waals surface area contributed by atoms with Gasteiger partial charge in [0.2, 0.25) is 18.6 Å². The molecule has 0 radical (unpaired) electrons. The van der Waals surface area contributed by atoms with Crippen LogP contribution < -0.4 is 25.6 Å². The molecule has 2 amide bonds. The van der Waals surface area contributed by atoms with E-state index in [1.807, 2.05) is 0 Å². The van der Waals surface area contributed by atoms with E-state index in [0.717, 1.165) is 25.7 Å². The molecule has 1 saturated heterocycles. The zero-order valence-electron chi connectivity index (χ0n) is 13.3. The first-order valence-electron chi connectivity index (χ1n) is 8.45. The predicted molar refractivity (Wildman–Crippen MR) is 86.3 cm³/mol. The molecule has 128 valence electrons. The standard InChI is InChI=1S/C17H21N3O4/c21-16(18-10-5-6-14-15(7-10)24-9-23-14)8-13-11-3-1-2-4-12(11)17(22)20-19-13/h5-7,11-13,19H,1-4,8-9H2,(H,18,21)(H,20,22). The third kappa shape index (κ3) is 2.91. The van der Waals surface area contributed by atoms with Gasteiger partial charge in [-0.3, -0.25) is 15.0 Å². The number of rotatable bonds is 3. The second-order valence-corrected chi connectivity index (χ2v) is 6.62. The Balaban J connectivity index is 1.39. The summed E-state index contributed by atoms with van der Waals surface area (Å²) in [5.74, 6) is 1.58. The van der Waals surface area contributed by atoms with Crippen LogP contribution in [0.5, 0.6) is 11.5 Å². The lowest BCUT2D eigenvalue weighted by Gasteiger charge is -2.40. The average Bonchev–Trinajstić information content (AvgIpc) is 3.05. The summed E-state index contributed by atoms with van der Waals surface area (Å²) >= 11 is 0. The lowest BCUT2D eigenvalue weighted by Crippen LogP contribution is -2.60. The Morgan fingerprint density at radius 3 is 2.96 bits per heavy atom. The Bertz CT molecular complexity index is 663. The summed E-state index contributed by atoms with van der Waals surface area (Å²) in [7, 11) is 0. The highest BCUT2D eigenvalue weighted by atomic mass is 16.7. The summed E-state index contributed by atoms with van der Waals surface area (Å²) in [6, 6.07) is 5.32. The van der Waals surface area contributed by atoms with Gasteiger partial charge in [-0.2, -0.15) is 0 Å². The zero-order valence-corrected chi connectivity index (χ0v) is 13.3. The number of anilines is 1. The molecule has 1 aromatic carbocycles. The van der Waals surface area contributed by atoms with E-state index in [-0.39, 0.29) is 36.5 Å². The van der Waals surface area contributed by atoms with Crippen LogP contribution >= 0.6 is 0 Å². The molecule has 0 spiro atoms. The van der Waals surface area contributed by atoms with Crippen LogP contribution in [0.15, 0.2) is 18.2 Å². The van der Waals surface area contributed by atoms with Gasteiger partial charge >= 0.3 is 0 Å². The minimum atomic E-state index is -0.0770. The normalized spacial score (nSPS) is 28.0. The van der Waals surface area contributed by atoms with E-state index in [1.54, 1.807) is 18.2 Å². The molecule has 3 unspecified atom stereocenters. The minimum Gasteiger partial charge on any atom is -0.454 e. The van der Waals surface area contributed by atoms with Gasteiger partial charge in [-0.1, -0.05) is 12.8 Å². The van der Waals surface area contributed by atoms with Crippen molar-refractivity contribution in [1.82, 2.24) is 10.9 Å². The Morgan fingerprint density at radius 2 is 2.04 bits per heavy atom. The second kappa shape index (κ2) is 6.32. The molecule has 2 aliphatic heterocycles. The lowest BCUT2D eigenvalue weighted by molar-refractivity contribution is -0.134. The van der Waals surface area contributed by atoms with E-state index in [4.69, 9.17) is 9.47 Å². The van der Waals surface area contributed by atoms with Gasteiger partial charge in [0, 0.05) is 30.1 Å². The summed E-state index contributed by atoms with van der Waals surface area (Å²) in [6.07, 6.45) is 4.45. The van der Waals surface area contributed by atoms with Crippen molar-refractivity contribution in [3.63, 3.8) is 0 Å². The average molecular weight is 331 g/mol. The number of fused-ring (bicyclic) bond motifs is 2. The highest BCUT2D eigenvalue weighted by Crippen LogP contribution is 2.36. The molecule has 1 aromatic rings. The van der Waals surface area contributed by atoms with E-state index in [9.17, 15) is 9.59 Å². The molecule has 2 heterocycles. The van der Waals surface area contributed by atoms with Crippen molar-refractivity contribution in [2.24, 2.45) is 11.8 Å². The summed E-state index contributed by atoms with van der Waals surface area (Å²) < 4.78 is 10.6. The maximum absolute atomic E-state index is 12.4. The van der Waals surface area contributed by atoms with Gasteiger partial charge in [-0.05, 0) is 30.9 Å². The van der Waals surface area contributed by atoms with Crippen LogP contribution in [0, 0.1) is 11.8 Å². The fraction of sp³-hybridized carbons (Fsp3) is 0.529. The molecule has 0 bridgehead atoms. The second-order valence-electron chi connectivity index (χ2n) is 6.62. The molecule has 7 heteroatoms. The summed E-state index contributed by atoms with van der Waals surface area (Å²) in [5, 5.41) is 2.90. The Hall–Kier alpha value is -2.28. The maximum atomic E-state index is 12.4. The smallest absolute Gasteiger partial charge is 0.237 e. The molecule has 1 saturated carbocycles. The number of carbonyl (C=O) groups excluding carboxylic acids is 2. The summed E-state index contributed by atoms with van der Waals surface area (Å²) in [5.41, 5.74) is 6.43. The van der Waals surface area contributed by atoms with Gasteiger partial charge in [0.1, 0.15) is 0 Å². The SMILES string of the molecule is O=C(CC1NNC(=O)C2CCCCC12)Nc1ccc2c(c1)OCO2. The summed E-state index contributed by atoms with van der Waals surface area (Å²) in [4.78, 5) is 24.4. The van der Waals surface area contributed by atoms with Gasteiger partial charge in [-0.25, -0.2) is 5.43 Å². The first-order valence-corrected chi connectivity index (χ1v) is 8.45. The van der Waals surface area contributed by atoms with Crippen LogP contribution in [0.3, 0.4) is 0 Å². The molecule has 24 heavy (non-hydrogen) atoms. The predicted octanol–water partition coefficient (Wildman–Crippen LogP) is 1.55. The van der Waals surface area contributed by atoms with Crippen molar-refractivity contribution in [3.8, 4) is 11.5 Å². The topological polar surface area (TPSA) is 88.7 Å². The van der Waals surface area contributed by atoms with Crippen LogP contribution in [0.4, 0.5) is 5.69 Å². The number of nitrogens with one attached hydrogen (secondary N) is 3. The fourth-order valence-electron chi connectivity index (χ4n) is 3.92. The van der Waals surface area contributed by atoms with Crippen LogP contribution in [-0.4, -0.2) is 24.6 Å². The number of amides is 2. The van der Waals surface area contributed by atoms with E-state index >= 15 is 0 Å². The van der Waals surface area contributed by atoms with Crippen LogP contribution in [0.25, 0.3) is 0 Å². The van der Waals surface area contributed by atoms with E-state index in [0.29, 0.717) is 23.6 Å². The van der Waals surface area contributed by atoms with Crippen LogP contribution in [0.1, 0.15) is 32.1 Å². The number of hydrogen-bond acceptors (Lipinski definition) is 5. The molecule has 3 aliphatic rings. The van der Waals surface area contributed by atoms with Crippen molar-refractivity contribution >= 4 is 17.5 Å². The third-order valence-electron chi connectivity index (χ3n) is 5.12. The number of ether oxygens (including phenoxy) is 2. The molecule has 4 rings (SSSR count). The third-order valence-corrected chi connectivity index (χ3v) is 5.12. The Morgan fingerprint density at radius 1 is 1.21 bits per heavy atom. The van der Waals surface area contributed by atoms with Crippen molar-refractivity contribution in [2.45, 2.75) is 38.1 Å². The number of hydrogen-bond donors (Lipinski definition) is 3. The maximum Gasteiger partial charge on any atom is 0.237 e. The number of hydrazine groups is 1. The van der Waals surface area contributed by atoms with Gasteiger partial charge in [0.15, 0.2) is 11.5 Å². The zero-order chi connectivity index (χ0) is 16.5. The molecule has 0 aromatic heterocycles. The van der Waals surface area contributed by atoms with E-state index in [1.165, 1.54) is 0 Å². The molecule has 7 nitrogen and oxygen atoms in total. The Kier molecular flexibility index (Phi) is 4.02. The molecular weight excluding hydrogens is 310 g/mol. The van der Waals surface area contributed by atoms with Crippen molar-refractivity contribution in [1.29, 1.82) is 0 Å². The molecule has 3 atom stereocenters. The Labute approximate surface area is 140 Å². The lowest BCUT2D eigenvalue weighted by atomic mass is 9.73. The monoisotopic (exact) mass is 331 g/mol. The fourth-order valence-corrected chi connectivity index (χ4v) is 3.92. The number of carbonyl (C=O) groups is 2. The first kappa shape index (κ1) is 15.3. The molecular formula is C17H21N3O4. The van der Waals surface area contributed by atoms with Crippen molar-refractivity contribution in [3.05, 3.63) is 18.2 Å². The van der Waals surface area contributed by atoms with Crippen LogP contribution in [0.2, 0.25) is 0 Å². The van der Waals surface area contributed by atoms with Crippen LogP contribution in [-0.2, 0) is 9.59 Å². The highest BCUT2D eigenvalue weighted by Gasteiger charge is 2.40. The first-order chi connectivity index (χ1) is 11.7. The molecule has 2 fully saturated rings. The summed E-state index contributed by atoms with van der Waals surface area (Å²) in [6.45, 7) is 0.210. The van der Waals surface area contributed by atoms with Gasteiger partial charge in [-0.15, -0.1) is 0 Å². The van der Waals surface area contributed by atoms with Gasteiger partial charge in [0.05, 0.1) is 0 Å². The minimum absolute atomic E-state index is 0.0259.